The summed E-state index contributed by atoms with van der Waals surface area (Å²) in [7, 11) is 2.64. The minimum absolute atomic E-state index is 0.193. The van der Waals surface area contributed by atoms with E-state index in [9.17, 15) is 14.3 Å². The molecule has 0 fully saturated rings. The summed E-state index contributed by atoms with van der Waals surface area (Å²) in [5, 5.41) is 9.32. The van der Waals surface area contributed by atoms with Crippen LogP contribution in [0.25, 0.3) is 0 Å². The number of halogens is 1. The molecule has 0 aromatic heterocycles. The minimum atomic E-state index is -0.632. The van der Waals surface area contributed by atoms with Crippen LogP contribution in [0.5, 0.6) is 5.75 Å². The molecule has 0 saturated carbocycles. The van der Waals surface area contributed by atoms with E-state index in [1.165, 1.54) is 20.2 Å². The normalized spacial score (nSPS) is 9.64. The number of phenolic OH excluding ortho intramolecular Hbond substituents is 1. The van der Waals surface area contributed by atoms with Crippen molar-refractivity contribution in [2.75, 3.05) is 19.1 Å². The molecule has 1 aromatic carbocycles. The first-order chi connectivity index (χ1) is 6.56. The van der Waals surface area contributed by atoms with Crippen molar-refractivity contribution in [3.8, 4) is 5.75 Å². The molecule has 0 bridgehead atoms. The van der Waals surface area contributed by atoms with Crippen LogP contribution in [0, 0.1) is 5.82 Å². The minimum Gasteiger partial charge on any atom is -0.506 e. The second-order valence-electron chi connectivity index (χ2n) is 2.66. The van der Waals surface area contributed by atoms with E-state index >= 15 is 0 Å². The number of phenols is 1. The Hall–Kier alpha value is -1.78. The smallest absolute Gasteiger partial charge is 0.413 e. The number of nitrogens with zero attached hydrogens (tertiary/aromatic N) is 1. The fraction of sp³-hybridized carbons (Fsp3) is 0.222. The number of anilines is 1. The summed E-state index contributed by atoms with van der Waals surface area (Å²) in [5.74, 6) is -0.873. The van der Waals surface area contributed by atoms with Gasteiger partial charge >= 0.3 is 6.09 Å². The lowest BCUT2D eigenvalue weighted by molar-refractivity contribution is 0.180. The zero-order chi connectivity index (χ0) is 10.7. The molecule has 0 aliphatic rings. The Bertz CT molecular complexity index is 354. The third-order valence-electron chi connectivity index (χ3n) is 1.75. The lowest BCUT2D eigenvalue weighted by atomic mass is 10.2. The molecule has 0 atom stereocenters. The first-order valence-electron chi connectivity index (χ1n) is 3.86. The molecule has 0 spiro atoms. The Morgan fingerprint density at radius 1 is 1.57 bits per heavy atom. The van der Waals surface area contributed by atoms with Crippen molar-refractivity contribution in [2.45, 2.75) is 0 Å². The van der Waals surface area contributed by atoms with Gasteiger partial charge in [0.1, 0.15) is 11.6 Å². The molecule has 14 heavy (non-hydrogen) atoms. The molecular formula is C9H10FNO3. The van der Waals surface area contributed by atoms with Crippen LogP contribution in [-0.2, 0) is 4.74 Å². The largest absolute Gasteiger partial charge is 0.506 e. The Labute approximate surface area is 80.5 Å². The second-order valence-corrected chi connectivity index (χ2v) is 2.66. The summed E-state index contributed by atoms with van der Waals surface area (Å²) in [6.07, 6.45) is -0.632. The number of methoxy groups -OCH3 is 1. The lowest BCUT2D eigenvalue weighted by Gasteiger charge is -2.16. The van der Waals surface area contributed by atoms with Crippen LogP contribution in [0.1, 0.15) is 0 Å². The van der Waals surface area contributed by atoms with Crippen LogP contribution in [0.2, 0.25) is 0 Å². The topological polar surface area (TPSA) is 49.8 Å². The van der Waals surface area contributed by atoms with E-state index in [-0.39, 0.29) is 11.4 Å². The van der Waals surface area contributed by atoms with E-state index in [4.69, 9.17) is 0 Å². The zero-order valence-electron chi connectivity index (χ0n) is 7.82. The molecule has 76 valence electrons. The number of benzene rings is 1. The van der Waals surface area contributed by atoms with Crippen LogP contribution >= 0.6 is 0 Å². The first-order valence-corrected chi connectivity index (χ1v) is 3.86. The van der Waals surface area contributed by atoms with Gasteiger partial charge in [-0.2, -0.15) is 0 Å². The van der Waals surface area contributed by atoms with Crippen LogP contribution in [-0.4, -0.2) is 25.4 Å². The summed E-state index contributed by atoms with van der Waals surface area (Å²) >= 11 is 0. The Kier molecular flexibility index (Phi) is 2.91. The standard InChI is InChI=1S/C9H10FNO3/c1-11(9(13)14-2)7-4-3-6(10)5-8(7)12/h3-5,12H,1-2H3. The van der Waals surface area contributed by atoms with E-state index in [2.05, 4.69) is 4.74 Å². The quantitative estimate of drug-likeness (QED) is 0.749. The van der Waals surface area contributed by atoms with E-state index in [0.29, 0.717) is 0 Å². The van der Waals surface area contributed by atoms with Gasteiger partial charge in [0.15, 0.2) is 0 Å². The van der Waals surface area contributed by atoms with Crippen LogP contribution in [0.3, 0.4) is 0 Å². The van der Waals surface area contributed by atoms with Crippen molar-refractivity contribution >= 4 is 11.8 Å². The molecule has 0 heterocycles. The summed E-state index contributed by atoms with van der Waals surface area (Å²) in [5.41, 5.74) is 0.193. The van der Waals surface area contributed by atoms with Gasteiger partial charge in [-0.15, -0.1) is 0 Å². The molecule has 0 radical (unpaired) electrons. The van der Waals surface area contributed by atoms with Gasteiger partial charge in [-0.05, 0) is 12.1 Å². The highest BCUT2D eigenvalue weighted by molar-refractivity contribution is 5.88. The van der Waals surface area contributed by atoms with E-state index in [1.807, 2.05) is 0 Å². The highest BCUT2D eigenvalue weighted by atomic mass is 19.1. The van der Waals surface area contributed by atoms with Gasteiger partial charge in [-0.1, -0.05) is 0 Å². The monoisotopic (exact) mass is 199 g/mol. The third kappa shape index (κ3) is 1.93. The Morgan fingerprint density at radius 2 is 2.21 bits per heavy atom. The van der Waals surface area contributed by atoms with Crippen LogP contribution in [0.4, 0.5) is 14.9 Å². The van der Waals surface area contributed by atoms with Crippen molar-refractivity contribution in [2.24, 2.45) is 0 Å². The number of hydrogen-bond donors (Lipinski definition) is 1. The molecule has 0 saturated heterocycles. The molecule has 1 rings (SSSR count). The average molecular weight is 199 g/mol. The molecule has 4 nitrogen and oxygen atoms in total. The highest BCUT2D eigenvalue weighted by Gasteiger charge is 2.14. The SMILES string of the molecule is COC(=O)N(C)c1ccc(F)cc1O. The number of carbonyl (C=O) groups is 1. The molecule has 1 aromatic rings. The van der Waals surface area contributed by atoms with Gasteiger partial charge in [0, 0.05) is 13.1 Å². The first kappa shape index (κ1) is 10.3. The number of carbonyl (C=O) groups excluding carboxylic acids is 1. The maximum absolute atomic E-state index is 12.6. The number of rotatable bonds is 1. The lowest BCUT2D eigenvalue weighted by Crippen LogP contribution is -2.25. The fourth-order valence-corrected chi connectivity index (χ4v) is 1.02. The Balaban J connectivity index is 3.01. The van der Waals surface area contributed by atoms with Crippen molar-refractivity contribution in [3.05, 3.63) is 24.0 Å². The third-order valence-corrected chi connectivity index (χ3v) is 1.75. The fourth-order valence-electron chi connectivity index (χ4n) is 1.02. The molecule has 0 unspecified atom stereocenters. The van der Waals surface area contributed by atoms with Crippen LogP contribution in [0.15, 0.2) is 18.2 Å². The van der Waals surface area contributed by atoms with E-state index in [0.717, 1.165) is 17.0 Å². The van der Waals surface area contributed by atoms with Crippen molar-refractivity contribution in [1.29, 1.82) is 0 Å². The predicted octanol–water partition coefficient (Wildman–Crippen LogP) is 1.73. The molecular weight excluding hydrogens is 189 g/mol. The summed E-state index contributed by atoms with van der Waals surface area (Å²) in [4.78, 5) is 12.1. The van der Waals surface area contributed by atoms with Gasteiger partial charge in [0.05, 0.1) is 12.8 Å². The second kappa shape index (κ2) is 3.95. The van der Waals surface area contributed by atoms with E-state index < -0.39 is 11.9 Å². The molecule has 0 aliphatic carbocycles. The Morgan fingerprint density at radius 3 is 2.71 bits per heavy atom. The van der Waals surface area contributed by atoms with Gasteiger partial charge in [-0.3, -0.25) is 4.90 Å². The number of amides is 1. The average Bonchev–Trinajstić information content (AvgIpc) is 2.15. The number of aromatic hydroxyl groups is 1. The molecule has 1 amide bonds. The van der Waals surface area contributed by atoms with Crippen molar-refractivity contribution < 1.29 is 19.0 Å². The highest BCUT2D eigenvalue weighted by Crippen LogP contribution is 2.26. The predicted molar refractivity (Wildman–Crippen MR) is 48.9 cm³/mol. The summed E-state index contributed by atoms with van der Waals surface area (Å²) in [6.45, 7) is 0. The van der Waals surface area contributed by atoms with Gasteiger partial charge < -0.3 is 9.84 Å². The van der Waals surface area contributed by atoms with Crippen molar-refractivity contribution in [1.82, 2.24) is 0 Å². The molecule has 0 aliphatic heterocycles. The van der Waals surface area contributed by atoms with Gasteiger partial charge in [0.2, 0.25) is 0 Å². The number of ether oxygens (including phenoxy) is 1. The maximum atomic E-state index is 12.6. The molecule has 5 heteroatoms. The number of hydrogen-bond acceptors (Lipinski definition) is 3. The van der Waals surface area contributed by atoms with Crippen LogP contribution < -0.4 is 4.90 Å². The maximum Gasteiger partial charge on any atom is 0.413 e. The summed E-state index contributed by atoms with van der Waals surface area (Å²) in [6, 6.07) is 3.37. The van der Waals surface area contributed by atoms with E-state index in [1.54, 1.807) is 0 Å². The van der Waals surface area contributed by atoms with Gasteiger partial charge in [-0.25, -0.2) is 9.18 Å². The van der Waals surface area contributed by atoms with Gasteiger partial charge in [0.25, 0.3) is 0 Å². The summed E-state index contributed by atoms with van der Waals surface area (Å²) < 4.78 is 17.0. The zero-order valence-corrected chi connectivity index (χ0v) is 7.82. The molecule has 1 N–H and O–H groups in total. The van der Waals surface area contributed by atoms with Crippen molar-refractivity contribution in [3.63, 3.8) is 0 Å².